The molecule has 1 aromatic carbocycles. The van der Waals surface area contributed by atoms with Crippen molar-refractivity contribution in [3.63, 3.8) is 0 Å². The average Bonchev–Trinajstić information content (AvgIpc) is 2.44. The number of carboxylic acids is 1. The van der Waals surface area contributed by atoms with Crippen molar-refractivity contribution in [2.24, 2.45) is 0 Å². The summed E-state index contributed by atoms with van der Waals surface area (Å²) in [4.78, 5) is 19.2. The molecule has 1 atom stereocenters. The van der Waals surface area contributed by atoms with E-state index in [0.717, 1.165) is 5.39 Å². The van der Waals surface area contributed by atoms with E-state index in [9.17, 15) is 9.90 Å². The van der Waals surface area contributed by atoms with Crippen molar-refractivity contribution in [1.29, 1.82) is 0 Å². The molecule has 21 heavy (non-hydrogen) atoms. The molecule has 2 rings (SSSR count). The summed E-state index contributed by atoms with van der Waals surface area (Å²) in [5, 5.41) is 23.0. The van der Waals surface area contributed by atoms with Crippen LogP contribution >= 0.6 is 11.8 Å². The third kappa shape index (κ3) is 3.83. The maximum absolute atomic E-state index is 11.0. The van der Waals surface area contributed by atoms with Crippen LogP contribution in [-0.2, 0) is 0 Å². The predicted octanol–water partition coefficient (Wildman–Crippen LogP) is 1.85. The molecule has 3 N–H and O–H groups in total. The zero-order chi connectivity index (χ0) is 15.5. The number of carboxylic acid groups (broad SMARTS) is 1. The molecule has 0 amide bonds. The van der Waals surface area contributed by atoms with E-state index < -0.39 is 11.6 Å². The number of hydrogen-bond donors (Lipinski definition) is 3. The second-order valence-corrected chi connectivity index (χ2v) is 5.91. The van der Waals surface area contributed by atoms with Crippen LogP contribution < -0.4 is 5.32 Å². The fourth-order valence-electron chi connectivity index (χ4n) is 1.97. The normalized spacial score (nSPS) is 13.9. The number of aromatic nitrogens is 2. The molecule has 2 aromatic rings. The van der Waals surface area contributed by atoms with Crippen molar-refractivity contribution in [1.82, 2.24) is 9.97 Å². The summed E-state index contributed by atoms with van der Waals surface area (Å²) < 4.78 is 0. The van der Waals surface area contributed by atoms with E-state index in [4.69, 9.17) is 5.11 Å². The van der Waals surface area contributed by atoms with Crippen LogP contribution in [0.2, 0.25) is 0 Å². The lowest BCUT2D eigenvalue weighted by molar-refractivity contribution is 0.0697. The van der Waals surface area contributed by atoms with Gasteiger partial charge < -0.3 is 15.5 Å². The molecule has 0 aliphatic heterocycles. The third-order valence-corrected chi connectivity index (χ3v) is 3.89. The van der Waals surface area contributed by atoms with Gasteiger partial charge in [-0.1, -0.05) is 0 Å². The Balaban J connectivity index is 2.26. The summed E-state index contributed by atoms with van der Waals surface area (Å²) in [7, 11) is 0. The van der Waals surface area contributed by atoms with Gasteiger partial charge in [-0.3, -0.25) is 0 Å². The van der Waals surface area contributed by atoms with Crippen LogP contribution in [-0.4, -0.2) is 50.3 Å². The Morgan fingerprint density at radius 2 is 2.19 bits per heavy atom. The molecule has 0 saturated carbocycles. The van der Waals surface area contributed by atoms with Crippen molar-refractivity contribution >= 4 is 34.5 Å². The number of rotatable bonds is 6. The van der Waals surface area contributed by atoms with Gasteiger partial charge in [0, 0.05) is 17.7 Å². The Labute approximate surface area is 126 Å². The van der Waals surface area contributed by atoms with Gasteiger partial charge >= 0.3 is 5.97 Å². The van der Waals surface area contributed by atoms with Gasteiger partial charge in [0.25, 0.3) is 0 Å². The number of carbonyl (C=O) groups is 1. The Morgan fingerprint density at radius 3 is 2.86 bits per heavy atom. The summed E-state index contributed by atoms with van der Waals surface area (Å²) >= 11 is 1.56. The van der Waals surface area contributed by atoms with Crippen molar-refractivity contribution in [2.45, 2.75) is 12.5 Å². The molecule has 0 saturated heterocycles. The lowest BCUT2D eigenvalue weighted by Gasteiger charge is -2.23. The summed E-state index contributed by atoms with van der Waals surface area (Å²) in [5.41, 5.74) is -0.115. The maximum atomic E-state index is 11.0. The molecule has 1 unspecified atom stereocenters. The number of anilines is 1. The lowest BCUT2D eigenvalue weighted by Crippen LogP contribution is -2.36. The Kier molecular flexibility index (Phi) is 4.64. The molecule has 0 aliphatic carbocycles. The Morgan fingerprint density at radius 1 is 1.43 bits per heavy atom. The molecule has 0 bridgehead atoms. The number of hydrogen-bond acceptors (Lipinski definition) is 6. The van der Waals surface area contributed by atoms with Crippen molar-refractivity contribution in [3.8, 4) is 0 Å². The summed E-state index contributed by atoms with van der Waals surface area (Å²) in [6, 6.07) is 4.69. The molecule has 0 spiro atoms. The minimum absolute atomic E-state index is 0.182. The first kappa shape index (κ1) is 15.5. The first-order valence-corrected chi connectivity index (χ1v) is 7.75. The minimum atomic E-state index is -0.993. The highest BCUT2D eigenvalue weighted by Gasteiger charge is 2.20. The largest absolute Gasteiger partial charge is 0.478 e. The highest BCUT2D eigenvalue weighted by molar-refractivity contribution is 7.98. The van der Waals surface area contributed by atoms with Crippen molar-refractivity contribution < 1.29 is 15.0 Å². The Bertz CT molecular complexity index is 661. The van der Waals surface area contributed by atoms with E-state index in [-0.39, 0.29) is 5.56 Å². The molecule has 7 heteroatoms. The van der Waals surface area contributed by atoms with Gasteiger partial charge in [-0.25, -0.2) is 14.8 Å². The average molecular weight is 307 g/mol. The SMILES string of the molecule is CSCC(C)(O)CNc1ncnc2cc(C(=O)O)ccc12. The van der Waals surface area contributed by atoms with Crippen LogP contribution in [0.1, 0.15) is 17.3 Å². The van der Waals surface area contributed by atoms with E-state index in [2.05, 4.69) is 15.3 Å². The minimum Gasteiger partial charge on any atom is -0.478 e. The monoisotopic (exact) mass is 307 g/mol. The van der Waals surface area contributed by atoms with Gasteiger partial charge in [-0.05, 0) is 31.4 Å². The predicted molar refractivity (Wildman–Crippen MR) is 84.0 cm³/mol. The van der Waals surface area contributed by atoms with Gasteiger partial charge in [0.2, 0.25) is 0 Å². The van der Waals surface area contributed by atoms with Crippen molar-refractivity contribution in [2.75, 3.05) is 23.9 Å². The standard InChI is InChI=1S/C14H17N3O3S/c1-14(20,7-21-2)6-15-12-10-4-3-9(13(18)19)5-11(10)16-8-17-12/h3-5,8,20H,6-7H2,1-2H3,(H,18,19)(H,15,16,17). The molecule has 112 valence electrons. The number of nitrogens with one attached hydrogen (secondary N) is 1. The number of thioether (sulfide) groups is 1. The third-order valence-electron chi connectivity index (χ3n) is 2.98. The van der Waals surface area contributed by atoms with Gasteiger partial charge in [-0.15, -0.1) is 0 Å². The van der Waals surface area contributed by atoms with Crippen LogP contribution in [0.4, 0.5) is 5.82 Å². The topological polar surface area (TPSA) is 95.3 Å². The van der Waals surface area contributed by atoms with Crippen molar-refractivity contribution in [3.05, 3.63) is 30.1 Å². The van der Waals surface area contributed by atoms with Crippen LogP contribution in [0, 0.1) is 0 Å². The van der Waals surface area contributed by atoms with Gasteiger partial charge in [0.15, 0.2) is 0 Å². The number of fused-ring (bicyclic) bond motifs is 1. The number of aliphatic hydroxyl groups is 1. The van der Waals surface area contributed by atoms with E-state index in [0.29, 0.717) is 23.6 Å². The molecule has 1 aromatic heterocycles. The molecule has 0 fully saturated rings. The fourth-order valence-corrected chi connectivity index (χ4v) is 2.69. The van der Waals surface area contributed by atoms with Gasteiger partial charge in [0.05, 0.1) is 16.7 Å². The second-order valence-electron chi connectivity index (χ2n) is 5.04. The summed E-state index contributed by atoms with van der Waals surface area (Å²) in [6.45, 7) is 2.10. The number of aromatic carboxylic acids is 1. The molecule has 0 aliphatic rings. The molecule has 6 nitrogen and oxygen atoms in total. The quantitative estimate of drug-likeness (QED) is 0.749. The highest BCUT2D eigenvalue weighted by atomic mass is 32.2. The smallest absolute Gasteiger partial charge is 0.335 e. The first-order valence-electron chi connectivity index (χ1n) is 6.36. The van der Waals surface area contributed by atoms with Crippen LogP contribution in [0.25, 0.3) is 10.9 Å². The van der Waals surface area contributed by atoms with Gasteiger partial charge in [-0.2, -0.15) is 11.8 Å². The second kappa shape index (κ2) is 6.28. The highest BCUT2D eigenvalue weighted by Crippen LogP contribution is 2.21. The zero-order valence-electron chi connectivity index (χ0n) is 11.8. The van der Waals surface area contributed by atoms with Crippen LogP contribution in [0.15, 0.2) is 24.5 Å². The zero-order valence-corrected chi connectivity index (χ0v) is 12.6. The van der Waals surface area contributed by atoms with Crippen LogP contribution in [0.3, 0.4) is 0 Å². The van der Waals surface area contributed by atoms with E-state index >= 15 is 0 Å². The Hall–Kier alpha value is -1.86. The van der Waals surface area contributed by atoms with E-state index in [1.807, 2.05) is 6.26 Å². The lowest BCUT2D eigenvalue weighted by atomic mass is 10.1. The molecular formula is C14H17N3O3S. The first-order chi connectivity index (χ1) is 9.93. The van der Waals surface area contributed by atoms with Crippen LogP contribution in [0.5, 0.6) is 0 Å². The number of benzene rings is 1. The van der Waals surface area contributed by atoms with E-state index in [1.165, 1.54) is 18.5 Å². The summed E-state index contributed by atoms with van der Waals surface area (Å²) in [5.74, 6) is 0.192. The molecular weight excluding hydrogens is 290 g/mol. The van der Waals surface area contributed by atoms with E-state index in [1.54, 1.807) is 24.8 Å². The fraction of sp³-hybridized carbons (Fsp3) is 0.357. The molecule has 1 heterocycles. The number of nitrogens with zero attached hydrogens (tertiary/aromatic N) is 2. The molecule has 0 radical (unpaired) electrons. The summed E-state index contributed by atoms with van der Waals surface area (Å²) in [6.07, 6.45) is 3.31. The van der Waals surface area contributed by atoms with Gasteiger partial charge in [0.1, 0.15) is 12.1 Å². The maximum Gasteiger partial charge on any atom is 0.335 e.